The number of para-hydroxylation sites is 1. The molecule has 0 aliphatic heterocycles. The minimum absolute atomic E-state index is 0.140. The Labute approximate surface area is 130 Å². The molecule has 0 amide bonds. The van der Waals surface area contributed by atoms with E-state index in [1.54, 1.807) is 12.1 Å². The summed E-state index contributed by atoms with van der Waals surface area (Å²) in [5, 5.41) is 0. The molecule has 0 atom stereocenters. The standard InChI is InChI=1S/C15H22ClFO3S/c1-3-9-15(10-4-2,12-21(16,18)19)11-20-14-8-6-5-7-13(14)17/h5-8H,3-4,9-12H2,1-2H3. The van der Waals surface area contributed by atoms with Crippen LogP contribution in [0, 0.1) is 11.2 Å². The van der Waals surface area contributed by atoms with Gasteiger partial charge in [-0.15, -0.1) is 0 Å². The Morgan fingerprint density at radius 3 is 2.24 bits per heavy atom. The lowest BCUT2D eigenvalue weighted by Crippen LogP contribution is -2.35. The van der Waals surface area contributed by atoms with Crippen LogP contribution in [-0.4, -0.2) is 20.8 Å². The molecule has 6 heteroatoms. The Bertz CT molecular complexity index is 540. The predicted octanol–water partition coefficient (Wildman–Crippen LogP) is 4.36. The summed E-state index contributed by atoms with van der Waals surface area (Å²) in [4.78, 5) is 0. The van der Waals surface area contributed by atoms with Gasteiger partial charge in [-0.3, -0.25) is 0 Å². The molecular formula is C15H22ClFO3S. The summed E-state index contributed by atoms with van der Waals surface area (Å²) >= 11 is 0. The zero-order valence-corrected chi connectivity index (χ0v) is 14.0. The first-order valence-electron chi connectivity index (χ1n) is 7.11. The van der Waals surface area contributed by atoms with Gasteiger partial charge >= 0.3 is 0 Å². The Hall–Kier alpha value is -0.810. The van der Waals surface area contributed by atoms with Crippen molar-refractivity contribution in [1.82, 2.24) is 0 Å². The van der Waals surface area contributed by atoms with Gasteiger partial charge in [-0.05, 0) is 25.0 Å². The molecule has 0 heterocycles. The van der Waals surface area contributed by atoms with E-state index in [4.69, 9.17) is 15.4 Å². The Morgan fingerprint density at radius 2 is 1.76 bits per heavy atom. The van der Waals surface area contributed by atoms with Gasteiger partial charge in [0, 0.05) is 16.1 Å². The second-order valence-electron chi connectivity index (χ2n) is 5.40. The quantitative estimate of drug-likeness (QED) is 0.629. The summed E-state index contributed by atoms with van der Waals surface area (Å²) in [6, 6.07) is 6.11. The first-order valence-corrected chi connectivity index (χ1v) is 9.59. The van der Waals surface area contributed by atoms with Gasteiger partial charge in [0.2, 0.25) is 9.05 Å². The van der Waals surface area contributed by atoms with Crippen molar-refractivity contribution in [1.29, 1.82) is 0 Å². The van der Waals surface area contributed by atoms with Crippen LogP contribution in [0.5, 0.6) is 5.75 Å². The number of halogens is 2. The van der Waals surface area contributed by atoms with Crippen LogP contribution >= 0.6 is 10.7 Å². The average molecular weight is 337 g/mol. The maximum atomic E-state index is 13.6. The first kappa shape index (κ1) is 18.2. The second kappa shape index (κ2) is 7.99. The molecule has 0 aromatic heterocycles. The maximum absolute atomic E-state index is 13.6. The van der Waals surface area contributed by atoms with Crippen LogP contribution in [0.3, 0.4) is 0 Å². The highest BCUT2D eigenvalue weighted by Gasteiger charge is 2.34. The lowest BCUT2D eigenvalue weighted by molar-refractivity contribution is 0.137. The maximum Gasteiger partial charge on any atom is 0.233 e. The fourth-order valence-electron chi connectivity index (χ4n) is 2.67. The summed E-state index contributed by atoms with van der Waals surface area (Å²) in [6.07, 6.45) is 2.96. The smallest absolute Gasteiger partial charge is 0.233 e. The fraction of sp³-hybridized carbons (Fsp3) is 0.600. The molecule has 0 saturated carbocycles. The molecule has 0 aliphatic rings. The van der Waals surface area contributed by atoms with Crippen LogP contribution in [0.25, 0.3) is 0 Å². The summed E-state index contributed by atoms with van der Waals surface area (Å²) in [5.74, 6) is -0.466. The number of rotatable bonds is 9. The van der Waals surface area contributed by atoms with Crippen molar-refractivity contribution < 1.29 is 17.5 Å². The van der Waals surface area contributed by atoms with Gasteiger partial charge in [-0.25, -0.2) is 12.8 Å². The molecule has 1 aromatic carbocycles. The van der Waals surface area contributed by atoms with E-state index in [0.717, 1.165) is 12.8 Å². The molecule has 0 fully saturated rings. The van der Waals surface area contributed by atoms with Crippen LogP contribution in [0.1, 0.15) is 39.5 Å². The highest BCUT2D eigenvalue weighted by atomic mass is 35.7. The normalized spacial score (nSPS) is 12.4. The lowest BCUT2D eigenvalue weighted by Gasteiger charge is -2.32. The topological polar surface area (TPSA) is 43.4 Å². The number of hydrogen-bond donors (Lipinski definition) is 0. The van der Waals surface area contributed by atoms with Gasteiger partial charge in [0.15, 0.2) is 11.6 Å². The van der Waals surface area contributed by atoms with E-state index in [1.807, 2.05) is 13.8 Å². The third-order valence-electron chi connectivity index (χ3n) is 3.41. The highest BCUT2D eigenvalue weighted by molar-refractivity contribution is 8.13. The molecule has 0 radical (unpaired) electrons. The summed E-state index contributed by atoms with van der Waals surface area (Å²) in [6.45, 7) is 4.10. The average Bonchev–Trinajstić information content (AvgIpc) is 2.36. The Kier molecular flexibility index (Phi) is 6.94. The van der Waals surface area contributed by atoms with E-state index in [-0.39, 0.29) is 18.1 Å². The van der Waals surface area contributed by atoms with Crippen molar-refractivity contribution in [3.63, 3.8) is 0 Å². The van der Waals surface area contributed by atoms with E-state index in [0.29, 0.717) is 12.8 Å². The van der Waals surface area contributed by atoms with E-state index >= 15 is 0 Å². The number of ether oxygens (including phenoxy) is 1. The number of hydrogen-bond acceptors (Lipinski definition) is 3. The third kappa shape index (κ3) is 6.22. The van der Waals surface area contributed by atoms with Gasteiger partial charge < -0.3 is 4.74 Å². The Balaban J connectivity index is 2.92. The summed E-state index contributed by atoms with van der Waals surface area (Å²) in [5.41, 5.74) is -0.577. The molecule has 1 rings (SSSR count). The molecule has 3 nitrogen and oxygen atoms in total. The van der Waals surface area contributed by atoms with Crippen LogP contribution in [0.15, 0.2) is 24.3 Å². The second-order valence-corrected chi connectivity index (χ2v) is 8.18. The molecule has 1 aromatic rings. The van der Waals surface area contributed by atoms with E-state index in [1.165, 1.54) is 12.1 Å². The van der Waals surface area contributed by atoms with Gasteiger partial charge in [0.1, 0.15) is 0 Å². The van der Waals surface area contributed by atoms with Crippen molar-refractivity contribution in [2.24, 2.45) is 5.41 Å². The van der Waals surface area contributed by atoms with Crippen LogP contribution in [-0.2, 0) is 9.05 Å². The van der Waals surface area contributed by atoms with Crippen LogP contribution in [0.2, 0.25) is 0 Å². The minimum atomic E-state index is -3.64. The van der Waals surface area contributed by atoms with Crippen molar-refractivity contribution in [2.75, 3.05) is 12.4 Å². The lowest BCUT2D eigenvalue weighted by atomic mass is 9.82. The third-order valence-corrected chi connectivity index (χ3v) is 4.69. The number of benzene rings is 1. The minimum Gasteiger partial charge on any atom is -0.490 e. The molecule has 0 saturated heterocycles. The Morgan fingerprint density at radius 1 is 1.19 bits per heavy atom. The molecule has 0 aliphatic carbocycles. The van der Waals surface area contributed by atoms with Gasteiger partial charge in [-0.1, -0.05) is 38.8 Å². The molecule has 21 heavy (non-hydrogen) atoms. The van der Waals surface area contributed by atoms with Gasteiger partial charge in [0.25, 0.3) is 0 Å². The molecular weight excluding hydrogens is 315 g/mol. The molecule has 0 bridgehead atoms. The first-order chi connectivity index (χ1) is 9.82. The summed E-state index contributed by atoms with van der Waals surface area (Å²) in [7, 11) is 1.80. The highest BCUT2D eigenvalue weighted by Crippen LogP contribution is 2.34. The van der Waals surface area contributed by atoms with Crippen LogP contribution < -0.4 is 4.74 Å². The zero-order chi connectivity index (χ0) is 15.9. The molecule has 0 N–H and O–H groups in total. The van der Waals surface area contributed by atoms with Crippen LogP contribution in [0.4, 0.5) is 4.39 Å². The van der Waals surface area contributed by atoms with Crippen molar-refractivity contribution in [3.05, 3.63) is 30.1 Å². The SMILES string of the molecule is CCCC(CCC)(COc1ccccc1F)CS(=O)(=O)Cl. The monoisotopic (exact) mass is 336 g/mol. The van der Waals surface area contributed by atoms with E-state index < -0.39 is 20.3 Å². The van der Waals surface area contributed by atoms with Crippen molar-refractivity contribution in [2.45, 2.75) is 39.5 Å². The van der Waals surface area contributed by atoms with Gasteiger partial charge in [0.05, 0.1) is 12.4 Å². The fourth-order valence-corrected chi connectivity index (χ4v) is 4.47. The van der Waals surface area contributed by atoms with Crippen molar-refractivity contribution >= 4 is 19.7 Å². The summed E-state index contributed by atoms with van der Waals surface area (Å²) < 4.78 is 42.2. The molecule has 0 unspecified atom stereocenters. The van der Waals surface area contributed by atoms with E-state index in [2.05, 4.69) is 0 Å². The van der Waals surface area contributed by atoms with E-state index in [9.17, 15) is 12.8 Å². The van der Waals surface area contributed by atoms with Gasteiger partial charge in [-0.2, -0.15) is 0 Å². The zero-order valence-electron chi connectivity index (χ0n) is 12.4. The van der Waals surface area contributed by atoms with Crippen molar-refractivity contribution in [3.8, 4) is 5.75 Å². The molecule has 120 valence electrons. The molecule has 0 spiro atoms. The largest absolute Gasteiger partial charge is 0.490 e. The predicted molar refractivity (Wildman–Crippen MR) is 83.8 cm³/mol.